The maximum Gasteiger partial charge on any atom is 0.220 e. The Morgan fingerprint density at radius 1 is 0.409 bits per heavy atom. The molecule has 516 valence electrons. The summed E-state index contributed by atoms with van der Waals surface area (Å²) in [6.45, 7) is 2.79. The fourth-order valence-corrected chi connectivity index (χ4v) is 12.1. The van der Waals surface area contributed by atoms with Crippen LogP contribution in [0.15, 0.2) is 48.6 Å². The van der Waals surface area contributed by atoms with Crippen molar-refractivity contribution in [1.82, 2.24) is 5.32 Å². The molecule has 88 heavy (non-hydrogen) atoms. The normalized spacial score (nSPS) is 23.4. The van der Waals surface area contributed by atoms with Gasteiger partial charge in [-0.15, -0.1) is 0 Å². The van der Waals surface area contributed by atoms with Crippen molar-refractivity contribution in [3.05, 3.63) is 48.6 Å². The molecule has 12 atom stereocenters. The quantitative estimate of drug-likeness (QED) is 0.0204. The molecule has 0 aromatic carbocycles. The Kier molecular flexibility index (Phi) is 54.8. The molecule has 0 bridgehead atoms. The Labute approximate surface area is 537 Å². The Balaban J connectivity index is 1.56. The van der Waals surface area contributed by atoms with E-state index in [1.807, 2.05) is 6.08 Å². The van der Waals surface area contributed by atoms with E-state index < -0.39 is 86.8 Å². The van der Waals surface area contributed by atoms with Crippen molar-refractivity contribution in [2.24, 2.45) is 0 Å². The van der Waals surface area contributed by atoms with Gasteiger partial charge in [0.2, 0.25) is 5.91 Å². The zero-order chi connectivity index (χ0) is 63.8. The van der Waals surface area contributed by atoms with Gasteiger partial charge in [0.1, 0.15) is 48.8 Å². The number of aliphatic hydroxyl groups is 8. The van der Waals surface area contributed by atoms with E-state index >= 15 is 0 Å². The summed E-state index contributed by atoms with van der Waals surface area (Å²) < 4.78 is 22.8. The van der Waals surface area contributed by atoms with Gasteiger partial charge in [-0.1, -0.05) is 300 Å². The van der Waals surface area contributed by atoms with Crippen molar-refractivity contribution in [1.29, 1.82) is 0 Å². The minimum atomic E-state index is -1.79. The van der Waals surface area contributed by atoms with Crippen molar-refractivity contribution in [3.8, 4) is 0 Å². The van der Waals surface area contributed by atoms with Crippen molar-refractivity contribution < 1.29 is 64.6 Å². The number of hydrogen-bond donors (Lipinski definition) is 9. The number of nitrogens with one attached hydrogen (secondary N) is 1. The number of amides is 1. The van der Waals surface area contributed by atoms with Crippen LogP contribution in [-0.4, -0.2) is 140 Å². The first-order chi connectivity index (χ1) is 43.1. The lowest BCUT2D eigenvalue weighted by molar-refractivity contribution is -0.359. The van der Waals surface area contributed by atoms with Gasteiger partial charge in [-0.05, 0) is 64.2 Å². The average Bonchev–Trinajstić information content (AvgIpc) is 2.99. The van der Waals surface area contributed by atoms with Crippen molar-refractivity contribution in [2.75, 3.05) is 19.8 Å². The van der Waals surface area contributed by atoms with Gasteiger partial charge >= 0.3 is 0 Å². The number of rotatable bonds is 61. The summed E-state index contributed by atoms with van der Waals surface area (Å²) in [5, 5.41) is 87.3. The highest BCUT2D eigenvalue weighted by molar-refractivity contribution is 5.76. The Morgan fingerprint density at radius 2 is 0.761 bits per heavy atom. The smallest absolute Gasteiger partial charge is 0.220 e. The summed E-state index contributed by atoms with van der Waals surface area (Å²) in [6.07, 6.45) is 60.6. The third-order valence-electron chi connectivity index (χ3n) is 18.0. The van der Waals surface area contributed by atoms with Crippen LogP contribution in [0.3, 0.4) is 0 Å². The highest BCUT2D eigenvalue weighted by Crippen LogP contribution is 2.30. The lowest BCUT2D eigenvalue weighted by Crippen LogP contribution is -2.65. The Morgan fingerprint density at radius 3 is 1.18 bits per heavy atom. The largest absolute Gasteiger partial charge is 0.394 e. The van der Waals surface area contributed by atoms with Crippen LogP contribution < -0.4 is 5.32 Å². The first-order valence-electron chi connectivity index (χ1n) is 36.9. The van der Waals surface area contributed by atoms with Crippen LogP contribution in [0.2, 0.25) is 0 Å². The predicted molar refractivity (Wildman–Crippen MR) is 360 cm³/mol. The molecule has 0 aliphatic carbocycles. The summed E-state index contributed by atoms with van der Waals surface area (Å²) in [7, 11) is 0. The molecule has 14 heteroatoms. The van der Waals surface area contributed by atoms with Crippen LogP contribution >= 0.6 is 0 Å². The topological polar surface area (TPSA) is 228 Å². The average molecular weight is 1250 g/mol. The van der Waals surface area contributed by atoms with Crippen LogP contribution in [0.5, 0.6) is 0 Å². The molecule has 12 unspecified atom stereocenters. The second kappa shape index (κ2) is 58.7. The molecular formula is C74H137NO13. The van der Waals surface area contributed by atoms with Crippen molar-refractivity contribution in [2.45, 2.75) is 396 Å². The molecule has 0 saturated carbocycles. The first-order valence-corrected chi connectivity index (χ1v) is 36.9. The number of ether oxygens (including phenoxy) is 4. The minimum absolute atomic E-state index is 0.244. The van der Waals surface area contributed by atoms with Crippen LogP contribution in [0.4, 0.5) is 0 Å². The van der Waals surface area contributed by atoms with E-state index in [0.717, 1.165) is 38.5 Å². The Bertz CT molecular complexity index is 1660. The number of aliphatic hydroxyl groups excluding tert-OH is 8. The number of carbonyl (C=O) groups is 1. The molecule has 1 amide bonds. The van der Waals surface area contributed by atoms with Gasteiger partial charge in [-0.25, -0.2) is 0 Å². The molecule has 0 aromatic heterocycles. The third-order valence-corrected chi connectivity index (χ3v) is 18.0. The highest BCUT2D eigenvalue weighted by atomic mass is 16.7. The molecule has 0 aromatic rings. The van der Waals surface area contributed by atoms with E-state index in [-0.39, 0.29) is 18.9 Å². The van der Waals surface area contributed by atoms with Gasteiger partial charge in [-0.3, -0.25) is 4.79 Å². The fourth-order valence-electron chi connectivity index (χ4n) is 12.1. The fraction of sp³-hybridized carbons (Fsp3) is 0.878. The molecule has 2 heterocycles. The van der Waals surface area contributed by atoms with Crippen LogP contribution in [0.1, 0.15) is 322 Å². The lowest BCUT2D eigenvalue weighted by Gasteiger charge is -2.46. The molecule has 0 spiro atoms. The van der Waals surface area contributed by atoms with E-state index in [2.05, 4.69) is 55.6 Å². The molecule has 2 aliphatic rings. The van der Waals surface area contributed by atoms with Gasteiger partial charge in [0.25, 0.3) is 0 Å². The zero-order valence-corrected chi connectivity index (χ0v) is 56.2. The molecular weight excluding hydrogens is 1110 g/mol. The molecule has 2 aliphatic heterocycles. The maximum atomic E-state index is 13.3. The van der Waals surface area contributed by atoms with E-state index in [1.54, 1.807) is 6.08 Å². The predicted octanol–water partition coefficient (Wildman–Crippen LogP) is 15.5. The van der Waals surface area contributed by atoms with E-state index in [9.17, 15) is 45.6 Å². The van der Waals surface area contributed by atoms with E-state index in [1.165, 1.54) is 250 Å². The van der Waals surface area contributed by atoms with Crippen molar-refractivity contribution >= 4 is 5.91 Å². The van der Waals surface area contributed by atoms with Gasteiger partial charge < -0.3 is 65.1 Å². The zero-order valence-electron chi connectivity index (χ0n) is 56.2. The van der Waals surface area contributed by atoms with Crippen LogP contribution in [0.25, 0.3) is 0 Å². The first kappa shape index (κ1) is 82.0. The van der Waals surface area contributed by atoms with Gasteiger partial charge in [-0.2, -0.15) is 0 Å². The molecule has 2 fully saturated rings. The van der Waals surface area contributed by atoms with Gasteiger partial charge in [0.15, 0.2) is 12.6 Å². The lowest BCUT2D eigenvalue weighted by atomic mass is 9.97. The van der Waals surface area contributed by atoms with E-state index in [4.69, 9.17) is 18.9 Å². The number of unbranched alkanes of at least 4 members (excludes halogenated alkanes) is 42. The van der Waals surface area contributed by atoms with Gasteiger partial charge in [0.05, 0.1) is 32.0 Å². The highest BCUT2D eigenvalue weighted by Gasteiger charge is 2.51. The second-order valence-electron chi connectivity index (χ2n) is 26.1. The molecule has 14 nitrogen and oxygen atoms in total. The summed E-state index contributed by atoms with van der Waals surface area (Å²) in [5.41, 5.74) is 0. The summed E-state index contributed by atoms with van der Waals surface area (Å²) in [4.78, 5) is 13.3. The molecule has 0 radical (unpaired) electrons. The van der Waals surface area contributed by atoms with Crippen molar-refractivity contribution in [3.63, 3.8) is 0 Å². The van der Waals surface area contributed by atoms with Crippen LogP contribution in [-0.2, 0) is 23.7 Å². The van der Waals surface area contributed by atoms with E-state index in [0.29, 0.717) is 12.8 Å². The minimum Gasteiger partial charge on any atom is -0.394 e. The summed E-state index contributed by atoms with van der Waals surface area (Å²) in [5.74, 6) is -0.244. The molecule has 2 saturated heterocycles. The maximum absolute atomic E-state index is 13.3. The summed E-state index contributed by atoms with van der Waals surface area (Å²) >= 11 is 0. The Hall–Kier alpha value is -2.05. The third kappa shape index (κ3) is 42.2. The number of hydrogen-bond acceptors (Lipinski definition) is 13. The second-order valence-corrected chi connectivity index (χ2v) is 26.1. The van der Waals surface area contributed by atoms with Crippen LogP contribution in [0, 0.1) is 0 Å². The summed E-state index contributed by atoms with van der Waals surface area (Å²) in [6, 6.07) is -0.930. The molecule has 2 rings (SSSR count). The van der Waals surface area contributed by atoms with Gasteiger partial charge in [0, 0.05) is 6.42 Å². The SMILES string of the molecule is CCCCCCC/C=C\C/C=C\CCCCCCCCCCCCCCCCCCCCCCCCCCCCCC(=O)NC(COC1OC(CO)C(OC2OC(CO)C(O)C(O)C2O)C(O)C1O)C(O)/C=C/CC/C=C/CCCCCCCCCCC. The number of carbonyl (C=O) groups excluding carboxylic acids is 1. The standard InChI is InChI=1S/C74H137NO13/c1-3-5-7-9-11-13-15-17-19-20-21-22-23-24-25-26-27-28-29-30-31-32-33-34-35-36-37-38-39-40-41-42-44-46-48-50-52-54-56-58-66(79)75-62(63(78)57-55-53-51-49-47-45-43-18-16-14-12-10-8-6-4-2)61-85-73-71(84)69(82)72(65(60-77)87-73)88-74-70(83)68(81)67(80)64(59-76)86-74/h15,17,20-21,47,49,55,57,62-65,67-74,76-78,80-84H,3-14,16,18-19,22-46,48,50-54,56,58-61H2,1-2H3,(H,75,79)/b17-15-,21-20-,49-47+,57-55+. The monoisotopic (exact) mass is 1250 g/mol. The number of allylic oxidation sites excluding steroid dienone is 7. The molecule has 9 N–H and O–H groups in total.